The van der Waals surface area contributed by atoms with Crippen molar-refractivity contribution < 1.29 is 9.85 Å². The average molecular weight is 262 g/mol. The van der Waals surface area contributed by atoms with E-state index in [1.165, 1.54) is 0 Å². The average Bonchev–Trinajstić information content (AvgIpc) is 2.90. The molecule has 1 aliphatic rings. The second-order valence-electron chi connectivity index (χ2n) is 4.18. The van der Waals surface area contributed by atoms with Gasteiger partial charge in [0.25, 0.3) is 0 Å². The molecule has 2 rings (SSSR count). The van der Waals surface area contributed by atoms with Crippen LogP contribution >= 0.6 is 0 Å². The third-order valence-electron chi connectivity index (χ3n) is 3.01. The van der Waals surface area contributed by atoms with Crippen LogP contribution in [-0.4, -0.2) is 22.9 Å². The minimum Gasteiger partial charge on any atom is -0.360 e. The third kappa shape index (κ3) is 2.30. The molecule has 19 heavy (non-hydrogen) atoms. The molecule has 1 heterocycles. The number of hydrogen-bond acceptors (Lipinski definition) is 6. The first-order valence-electron chi connectivity index (χ1n) is 5.66. The second kappa shape index (κ2) is 4.89. The zero-order valence-corrected chi connectivity index (χ0v) is 9.90. The van der Waals surface area contributed by atoms with E-state index in [9.17, 15) is 20.2 Å². The summed E-state index contributed by atoms with van der Waals surface area (Å²) in [4.78, 5) is 22.4. The number of anilines is 1. The van der Waals surface area contributed by atoms with Gasteiger partial charge in [0.15, 0.2) is 5.69 Å². The molecule has 0 spiro atoms. The van der Waals surface area contributed by atoms with Crippen LogP contribution in [0.1, 0.15) is 18.4 Å². The summed E-state index contributed by atoms with van der Waals surface area (Å²) in [5.41, 5.74) is -0.840. The maximum atomic E-state index is 11.1. The van der Waals surface area contributed by atoms with E-state index in [1.807, 2.05) is 0 Å². The van der Waals surface area contributed by atoms with Crippen molar-refractivity contribution in [1.82, 2.24) is 0 Å². The Hall–Kier alpha value is -2.69. The van der Waals surface area contributed by atoms with Crippen molar-refractivity contribution in [2.24, 2.45) is 0 Å². The number of nitrogens with zero attached hydrogens (tertiary/aromatic N) is 4. The standard InChI is InChI=1S/C11H10N4O4/c12-7-8-5-9(14(16)17)11(10(6-8)15(18)19)13-3-1-2-4-13/h5-6H,1-4H2. The first-order valence-corrected chi connectivity index (χ1v) is 5.66. The molecule has 0 N–H and O–H groups in total. The Morgan fingerprint density at radius 3 is 1.95 bits per heavy atom. The van der Waals surface area contributed by atoms with Crippen molar-refractivity contribution in [3.8, 4) is 6.07 Å². The van der Waals surface area contributed by atoms with Gasteiger partial charge in [-0.25, -0.2) is 0 Å². The molecule has 0 amide bonds. The third-order valence-corrected chi connectivity index (χ3v) is 3.01. The summed E-state index contributed by atoms with van der Waals surface area (Å²) in [6.07, 6.45) is 1.68. The monoisotopic (exact) mass is 262 g/mol. The van der Waals surface area contributed by atoms with Gasteiger partial charge >= 0.3 is 11.4 Å². The Kier molecular flexibility index (Phi) is 3.29. The summed E-state index contributed by atoms with van der Waals surface area (Å²) < 4.78 is 0. The summed E-state index contributed by atoms with van der Waals surface area (Å²) in [6.45, 7) is 1.10. The smallest absolute Gasteiger partial charge is 0.300 e. The molecule has 1 aliphatic heterocycles. The van der Waals surface area contributed by atoms with E-state index in [0.29, 0.717) is 13.1 Å². The molecular weight excluding hydrogens is 252 g/mol. The van der Waals surface area contributed by atoms with Crippen LogP contribution in [0.25, 0.3) is 0 Å². The number of nitriles is 1. The van der Waals surface area contributed by atoms with Crippen LogP contribution in [0.3, 0.4) is 0 Å². The Balaban J connectivity index is 2.68. The highest BCUT2D eigenvalue weighted by Gasteiger charge is 2.32. The minimum absolute atomic E-state index is 0.00602. The summed E-state index contributed by atoms with van der Waals surface area (Å²) in [6, 6.07) is 3.88. The van der Waals surface area contributed by atoms with E-state index in [4.69, 9.17) is 5.26 Å². The van der Waals surface area contributed by atoms with Crippen LogP contribution in [0.4, 0.5) is 17.1 Å². The van der Waals surface area contributed by atoms with E-state index in [-0.39, 0.29) is 22.6 Å². The van der Waals surface area contributed by atoms with Crippen molar-refractivity contribution in [3.63, 3.8) is 0 Å². The van der Waals surface area contributed by atoms with Gasteiger partial charge in [0.1, 0.15) is 0 Å². The maximum absolute atomic E-state index is 11.1. The highest BCUT2D eigenvalue weighted by Crippen LogP contribution is 2.40. The van der Waals surface area contributed by atoms with Gasteiger partial charge in [0.2, 0.25) is 0 Å². The Morgan fingerprint density at radius 1 is 1.11 bits per heavy atom. The van der Waals surface area contributed by atoms with Crippen molar-refractivity contribution >= 4 is 17.1 Å². The first-order chi connectivity index (χ1) is 9.04. The van der Waals surface area contributed by atoms with Crippen LogP contribution in [0.2, 0.25) is 0 Å². The van der Waals surface area contributed by atoms with E-state index < -0.39 is 9.85 Å². The summed E-state index contributed by atoms with van der Waals surface area (Å²) in [7, 11) is 0. The molecule has 8 nitrogen and oxygen atoms in total. The minimum atomic E-state index is -0.679. The van der Waals surface area contributed by atoms with Gasteiger partial charge in [-0.1, -0.05) is 0 Å². The second-order valence-corrected chi connectivity index (χ2v) is 4.18. The molecule has 0 unspecified atom stereocenters. The molecule has 1 aromatic carbocycles. The number of benzene rings is 1. The lowest BCUT2D eigenvalue weighted by molar-refractivity contribution is -0.392. The highest BCUT2D eigenvalue weighted by molar-refractivity contribution is 5.77. The quantitative estimate of drug-likeness (QED) is 0.607. The predicted molar refractivity (Wildman–Crippen MR) is 65.9 cm³/mol. The fraction of sp³-hybridized carbons (Fsp3) is 0.364. The zero-order valence-electron chi connectivity index (χ0n) is 9.90. The van der Waals surface area contributed by atoms with Crippen LogP contribution in [0.5, 0.6) is 0 Å². The van der Waals surface area contributed by atoms with Crippen molar-refractivity contribution in [1.29, 1.82) is 5.26 Å². The molecule has 1 fully saturated rings. The Bertz CT molecular complexity index is 552. The van der Waals surface area contributed by atoms with Gasteiger partial charge in [-0.2, -0.15) is 5.26 Å². The SMILES string of the molecule is N#Cc1cc([N+](=O)[O-])c(N2CCCC2)c([N+](=O)[O-])c1. The Morgan fingerprint density at radius 2 is 1.58 bits per heavy atom. The fourth-order valence-corrected chi connectivity index (χ4v) is 2.21. The van der Waals surface area contributed by atoms with Gasteiger partial charge in [0, 0.05) is 25.2 Å². The molecule has 8 heteroatoms. The normalized spacial score (nSPS) is 14.2. The number of nitro groups is 2. The largest absolute Gasteiger partial charge is 0.360 e. The molecule has 1 aromatic rings. The first kappa shape index (κ1) is 12.8. The molecule has 0 aliphatic carbocycles. The molecular formula is C11H10N4O4. The summed E-state index contributed by atoms with van der Waals surface area (Å²) >= 11 is 0. The van der Waals surface area contributed by atoms with Crippen molar-refractivity contribution in [2.45, 2.75) is 12.8 Å². The predicted octanol–water partition coefficient (Wildman–Crippen LogP) is 1.97. The lowest BCUT2D eigenvalue weighted by Crippen LogP contribution is -2.20. The Labute approximate surface area is 108 Å². The lowest BCUT2D eigenvalue weighted by atomic mass is 10.1. The number of rotatable bonds is 3. The van der Waals surface area contributed by atoms with Gasteiger partial charge in [0.05, 0.1) is 21.5 Å². The summed E-state index contributed by atoms with van der Waals surface area (Å²) in [5, 5.41) is 30.9. The molecule has 0 atom stereocenters. The van der Waals surface area contributed by atoms with Crippen LogP contribution in [0, 0.1) is 31.6 Å². The van der Waals surface area contributed by atoms with Crippen molar-refractivity contribution in [2.75, 3.05) is 18.0 Å². The van der Waals surface area contributed by atoms with E-state index >= 15 is 0 Å². The highest BCUT2D eigenvalue weighted by atomic mass is 16.6. The van der Waals surface area contributed by atoms with E-state index in [2.05, 4.69) is 0 Å². The number of hydrogen-bond donors (Lipinski definition) is 0. The van der Waals surface area contributed by atoms with E-state index in [0.717, 1.165) is 25.0 Å². The van der Waals surface area contributed by atoms with Crippen LogP contribution in [0.15, 0.2) is 12.1 Å². The molecule has 0 saturated carbocycles. The van der Waals surface area contributed by atoms with Crippen LogP contribution < -0.4 is 4.90 Å². The fourth-order valence-electron chi connectivity index (χ4n) is 2.21. The molecule has 0 aromatic heterocycles. The molecule has 1 saturated heterocycles. The maximum Gasteiger partial charge on any atom is 0.300 e. The van der Waals surface area contributed by atoms with Gasteiger partial charge in [-0.3, -0.25) is 20.2 Å². The number of nitro benzene ring substituents is 2. The van der Waals surface area contributed by atoms with Crippen molar-refractivity contribution in [3.05, 3.63) is 37.9 Å². The summed E-state index contributed by atoms with van der Waals surface area (Å²) in [5.74, 6) is 0. The van der Waals surface area contributed by atoms with Crippen LogP contribution in [-0.2, 0) is 0 Å². The molecule has 0 radical (unpaired) electrons. The molecule has 0 bridgehead atoms. The lowest BCUT2D eigenvalue weighted by Gasteiger charge is -2.17. The zero-order chi connectivity index (χ0) is 14.0. The van der Waals surface area contributed by atoms with Gasteiger partial charge < -0.3 is 4.90 Å². The van der Waals surface area contributed by atoms with E-state index in [1.54, 1.807) is 11.0 Å². The molecule has 98 valence electrons. The topological polar surface area (TPSA) is 113 Å². The van der Waals surface area contributed by atoms with Gasteiger partial charge in [-0.15, -0.1) is 0 Å². The van der Waals surface area contributed by atoms with Gasteiger partial charge in [-0.05, 0) is 12.8 Å².